The van der Waals surface area contributed by atoms with Gasteiger partial charge in [0.15, 0.2) is 0 Å². The molecule has 1 amide bonds. The van der Waals surface area contributed by atoms with Gasteiger partial charge in [0.05, 0.1) is 0 Å². The van der Waals surface area contributed by atoms with Crippen LogP contribution >= 0.6 is 0 Å². The van der Waals surface area contributed by atoms with Gasteiger partial charge in [0.25, 0.3) is 0 Å². The van der Waals surface area contributed by atoms with Crippen molar-refractivity contribution in [3.05, 3.63) is 48.6 Å². The highest BCUT2D eigenvalue weighted by Crippen LogP contribution is 2.14. The molecule has 0 aromatic carbocycles. The van der Waals surface area contributed by atoms with E-state index in [9.17, 15) is 19.5 Å². The van der Waals surface area contributed by atoms with Crippen molar-refractivity contribution >= 4 is 17.8 Å². The van der Waals surface area contributed by atoms with Crippen LogP contribution in [-0.4, -0.2) is 41.6 Å². The van der Waals surface area contributed by atoms with Crippen molar-refractivity contribution < 1.29 is 24.2 Å². The fourth-order valence-corrected chi connectivity index (χ4v) is 5.37. The number of unbranched alkanes of at least 4 members (excludes halogenated alkanes) is 14. The van der Waals surface area contributed by atoms with Gasteiger partial charge in [-0.05, 0) is 103 Å². The van der Waals surface area contributed by atoms with Crippen LogP contribution < -0.4 is 11.1 Å². The van der Waals surface area contributed by atoms with E-state index in [0.717, 1.165) is 70.6 Å². The van der Waals surface area contributed by atoms with Gasteiger partial charge in [-0.2, -0.15) is 0 Å². The van der Waals surface area contributed by atoms with Crippen LogP contribution in [0.1, 0.15) is 174 Å². The molecule has 0 saturated carbocycles. The Labute approximate surface area is 294 Å². The fraction of sp³-hybridized carbons (Fsp3) is 0.732. The van der Waals surface area contributed by atoms with E-state index in [4.69, 9.17) is 10.5 Å². The maximum atomic E-state index is 12.7. The molecule has 0 spiro atoms. The van der Waals surface area contributed by atoms with E-state index in [-0.39, 0.29) is 18.0 Å². The van der Waals surface area contributed by atoms with E-state index >= 15 is 0 Å². The number of allylic oxidation sites excluding steroid dienone is 7. The summed E-state index contributed by atoms with van der Waals surface area (Å²) in [5, 5.41) is 11.9. The molecule has 0 saturated heterocycles. The number of esters is 1. The Balaban J connectivity index is 4.37. The average Bonchev–Trinajstić information content (AvgIpc) is 3.07. The number of nitrogens with two attached hydrogens (primary N) is 1. The van der Waals surface area contributed by atoms with Crippen molar-refractivity contribution in [3.8, 4) is 0 Å². The van der Waals surface area contributed by atoms with Crippen molar-refractivity contribution in [3.63, 3.8) is 0 Å². The third kappa shape index (κ3) is 31.9. The molecular weight excluding hydrogens is 600 g/mol. The van der Waals surface area contributed by atoms with E-state index in [1.54, 1.807) is 0 Å². The summed E-state index contributed by atoms with van der Waals surface area (Å²) in [6.45, 7) is 4.85. The molecule has 0 radical (unpaired) electrons. The predicted octanol–water partition coefficient (Wildman–Crippen LogP) is 10.4. The number of hydrogen-bond donors (Lipinski definition) is 3. The van der Waals surface area contributed by atoms with Crippen molar-refractivity contribution in [2.24, 2.45) is 5.73 Å². The largest absolute Gasteiger partial charge is 0.480 e. The standard InChI is InChI=1S/C41H72N2O5/c1-3-5-7-9-11-13-14-15-16-17-18-19-21-23-29-35-40(45)48-37(31-26-22-20-12-10-8-6-4-2)32-27-24-25-28-34-39(44)43-38(41(46)47)33-30-36-42/h11-13,15-16,20,26,31,37-38H,3-10,14,17-19,21-25,27-30,32-36,42H2,1-2H3,(H,43,44)(H,46,47)/b13-11-,16-15-,20-12-,31-26-. The SMILES string of the molecule is CCCCC/C=C\C/C=C\CCCCCCCC(=O)OC(/C=C\C/C=C\CCCCC)CCCCCCC(=O)NC(CCCN)C(=O)O. The quantitative estimate of drug-likeness (QED) is 0.0356. The number of carboxylic acid groups (broad SMARTS) is 1. The van der Waals surface area contributed by atoms with Crippen molar-refractivity contribution in [2.45, 2.75) is 187 Å². The summed E-state index contributed by atoms with van der Waals surface area (Å²) >= 11 is 0. The molecule has 2 atom stereocenters. The number of nitrogens with one attached hydrogen (secondary N) is 1. The zero-order valence-electron chi connectivity index (χ0n) is 30.8. The van der Waals surface area contributed by atoms with Gasteiger partial charge in [0.2, 0.25) is 5.91 Å². The van der Waals surface area contributed by atoms with Gasteiger partial charge in [-0.25, -0.2) is 4.79 Å². The zero-order valence-corrected chi connectivity index (χ0v) is 30.8. The molecule has 4 N–H and O–H groups in total. The predicted molar refractivity (Wildman–Crippen MR) is 202 cm³/mol. The number of ether oxygens (including phenoxy) is 1. The van der Waals surface area contributed by atoms with Gasteiger partial charge in [0.1, 0.15) is 12.1 Å². The lowest BCUT2D eigenvalue weighted by Crippen LogP contribution is -2.40. The highest BCUT2D eigenvalue weighted by molar-refractivity contribution is 5.83. The fourth-order valence-electron chi connectivity index (χ4n) is 5.37. The number of hydrogen-bond acceptors (Lipinski definition) is 5. The van der Waals surface area contributed by atoms with E-state index in [0.29, 0.717) is 38.6 Å². The number of carbonyl (C=O) groups is 3. The summed E-state index contributed by atoms with van der Waals surface area (Å²) in [7, 11) is 0. The van der Waals surface area contributed by atoms with Gasteiger partial charge >= 0.3 is 11.9 Å². The molecule has 2 unspecified atom stereocenters. The van der Waals surface area contributed by atoms with E-state index in [1.165, 1.54) is 57.8 Å². The Kier molecular flexibility index (Phi) is 33.7. The molecule has 0 rings (SSSR count). The number of aliphatic carboxylic acids is 1. The molecule has 48 heavy (non-hydrogen) atoms. The Morgan fingerprint density at radius 1 is 0.625 bits per heavy atom. The Bertz CT molecular complexity index is 895. The summed E-state index contributed by atoms with van der Waals surface area (Å²) in [4.78, 5) is 36.2. The monoisotopic (exact) mass is 673 g/mol. The Hall–Kier alpha value is -2.67. The highest BCUT2D eigenvalue weighted by Gasteiger charge is 2.19. The molecule has 0 aliphatic rings. The first-order valence-electron chi connectivity index (χ1n) is 19.5. The number of amides is 1. The average molecular weight is 673 g/mol. The first-order chi connectivity index (χ1) is 23.4. The van der Waals surface area contributed by atoms with Crippen LogP contribution in [-0.2, 0) is 19.1 Å². The zero-order chi connectivity index (χ0) is 35.3. The van der Waals surface area contributed by atoms with E-state index in [1.807, 2.05) is 6.08 Å². The maximum Gasteiger partial charge on any atom is 0.326 e. The maximum absolute atomic E-state index is 12.7. The summed E-state index contributed by atoms with van der Waals surface area (Å²) in [5.41, 5.74) is 5.47. The van der Waals surface area contributed by atoms with Crippen LogP contribution in [0.5, 0.6) is 0 Å². The smallest absolute Gasteiger partial charge is 0.326 e. The normalized spacial score (nSPS) is 13.2. The molecule has 276 valence electrons. The number of carboxylic acids is 1. The lowest BCUT2D eigenvalue weighted by Gasteiger charge is -2.15. The Morgan fingerprint density at radius 2 is 1.15 bits per heavy atom. The Morgan fingerprint density at radius 3 is 1.73 bits per heavy atom. The van der Waals surface area contributed by atoms with E-state index < -0.39 is 12.0 Å². The van der Waals surface area contributed by atoms with Gasteiger partial charge in [-0.3, -0.25) is 9.59 Å². The molecule has 0 aliphatic heterocycles. The molecule has 0 fully saturated rings. The second-order valence-corrected chi connectivity index (χ2v) is 13.0. The van der Waals surface area contributed by atoms with Crippen LogP contribution in [0.15, 0.2) is 48.6 Å². The summed E-state index contributed by atoms with van der Waals surface area (Å²) in [5.74, 6) is -1.37. The lowest BCUT2D eigenvalue weighted by molar-refractivity contribution is -0.147. The third-order valence-electron chi connectivity index (χ3n) is 8.35. The van der Waals surface area contributed by atoms with Gasteiger partial charge < -0.3 is 20.9 Å². The molecule has 0 heterocycles. The number of rotatable bonds is 34. The topological polar surface area (TPSA) is 119 Å². The van der Waals surface area contributed by atoms with Crippen LogP contribution in [0.4, 0.5) is 0 Å². The summed E-state index contributed by atoms with van der Waals surface area (Å²) in [6, 6.07) is -0.876. The second kappa shape index (κ2) is 35.6. The lowest BCUT2D eigenvalue weighted by atomic mass is 10.1. The molecular formula is C41H72N2O5. The molecule has 0 bridgehead atoms. The first-order valence-corrected chi connectivity index (χ1v) is 19.5. The molecule has 0 aliphatic carbocycles. The van der Waals surface area contributed by atoms with E-state index in [2.05, 4.69) is 61.7 Å². The molecule has 7 heteroatoms. The second-order valence-electron chi connectivity index (χ2n) is 13.0. The van der Waals surface area contributed by atoms with Crippen molar-refractivity contribution in [1.29, 1.82) is 0 Å². The van der Waals surface area contributed by atoms with Gasteiger partial charge in [-0.1, -0.05) is 114 Å². The minimum atomic E-state index is -1.02. The summed E-state index contributed by atoms with van der Waals surface area (Å²) < 4.78 is 5.88. The van der Waals surface area contributed by atoms with Crippen LogP contribution in [0.2, 0.25) is 0 Å². The van der Waals surface area contributed by atoms with Crippen molar-refractivity contribution in [2.75, 3.05) is 6.54 Å². The van der Waals surface area contributed by atoms with Gasteiger partial charge in [0, 0.05) is 12.8 Å². The first kappa shape index (κ1) is 45.3. The highest BCUT2D eigenvalue weighted by atomic mass is 16.5. The summed E-state index contributed by atoms with van der Waals surface area (Å²) in [6.07, 6.45) is 41.6. The van der Waals surface area contributed by atoms with Crippen LogP contribution in [0.25, 0.3) is 0 Å². The number of carbonyl (C=O) groups excluding carboxylic acids is 2. The minimum Gasteiger partial charge on any atom is -0.480 e. The third-order valence-corrected chi connectivity index (χ3v) is 8.35. The molecule has 0 aromatic rings. The molecule has 7 nitrogen and oxygen atoms in total. The van der Waals surface area contributed by atoms with Crippen molar-refractivity contribution in [1.82, 2.24) is 5.32 Å². The van der Waals surface area contributed by atoms with Crippen LogP contribution in [0, 0.1) is 0 Å². The van der Waals surface area contributed by atoms with Crippen LogP contribution in [0.3, 0.4) is 0 Å². The molecule has 0 aromatic heterocycles. The van der Waals surface area contributed by atoms with Gasteiger partial charge in [-0.15, -0.1) is 0 Å². The minimum absolute atomic E-state index is 0.121.